The Balaban J connectivity index is 0.00000156. The number of hydrogen-bond donors (Lipinski definition) is 0. The van der Waals surface area contributed by atoms with E-state index in [0.29, 0.717) is 16.9 Å². The van der Waals surface area contributed by atoms with Crippen molar-refractivity contribution in [1.82, 2.24) is 9.32 Å². The Hall–Kier alpha value is -1.67. The first kappa shape index (κ1) is 16.2. The molecular weight excluding hydrogens is 487 g/mol. The van der Waals surface area contributed by atoms with Crippen LogP contribution in [-0.2, 0) is 24.7 Å². The zero-order valence-electron chi connectivity index (χ0n) is 12.6. The van der Waals surface area contributed by atoms with Crippen molar-refractivity contribution in [2.45, 2.75) is 13.8 Å². The Labute approximate surface area is 148 Å². The van der Waals surface area contributed by atoms with Gasteiger partial charge in [-0.1, -0.05) is 23.8 Å². The average Bonchev–Trinajstić information content (AvgIpc) is 2.85. The van der Waals surface area contributed by atoms with Crippen LogP contribution in [0.3, 0.4) is 0 Å². The molecule has 0 amide bonds. The number of fused-ring (bicyclic) bond motifs is 3. The van der Waals surface area contributed by atoms with E-state index in [1.807, 2.05) is 62.4 Å². The summed E-state index contributed by atoms with van der Waals surface area (Å²) in [5, 5.41) is 0.659. The summed E-state index contributed by atoms with van der Waals surface area (Å²) in [6.07, 6.45) is 0. The molecule has 1 aliphatic rings. The van der Waals surface area contributed by atoms with Crippen LogP contribution in [0.1, 0.15) is 11.4 Å². The summed E-state index contributed by atoms with van der Waals surface area (Å²) >= 11 is 0. The number of hydrogen-bond acceptors (Lipinski definition) is 3. The van der Waals surface area contributed by atoms with Gasteiger partial charge in [-0.15, -0.1) is 24.3 Å². The minimum atomic E-state index is -3.27. The number of aryl methyl sites for hydroxylation is 1. The summed E-state index contributed by atoms with van der Waals surface area (Å²) in [6, 6.07) is 17.9. The van der Waals surface area contributed by atoms with E-state index in [-0.39, 0.29) is 20.1 Å². The SMILES string of the molecule is Cc1nc2n(c1C)P(=O)(c1ccccc1)Oc1ccc[c-]c1-2.[Ir]. The van der Waals surface area contributed by atoms with Crippen LogP contribution in [0.5, 0.6) is 5.75 Å². The maximum Gasteiger partial charge on any atom is 0.362 e. The van der Waals surface area contributed by atoms with Gasteiger partial charge in [0, 0.05) is 37.2 Å². The zero-order valence-corrected chi connectivity index (χ0v) is 15.9. The van der Waals surface area contributed by atoms with Gasteiger partial charge in [0.25, 0.3) is 0 Å². The molecule has 0 bridgehead atoms. The van der Waals surface area contributed by atoms with Gasteiger partial charge >= 0.3 is 7.52 Å². The summed E-state index contributed by atoms with van der Waals surface area (Å²) < 4.78 is 21.4. The molecule has 2 aromatic carbocycles. The molecule has 6 heteroatoms. The van der Waals surface area contributed by atoms with Crippen LogP contribution in [0.4, 0.5) is 0 Å². The third-order valence-electron chi connectivity index (χ3n) is 3.92. The molecule has 0 spiro atoms. The summed E-state index contributed by atoms with van der Waals surface area (Å²) in [7, 11) is -3.27. The fourth-order valence-electron chi connectivity index (χ4n) is 2.71. The maximum atomic E-state index is 13.7. The van der Waals surface area contributed by atoms with Gasteiger partial charge in [0.15, 0.2) is 0 Å². The fraction of sp³-hybridized carbons (Fsp3) is 0.118. The van der Waals surface area contributed by atoms with E-state index < -0.39 is 7.52 Å². The van der Waals surface area contributed by atoms with Crippen molar-refractivity contribution in [2.24, 2.45) is 0 Å². The van der Waals surface area contributed by atoms with Gasteiger partial charge < -0.3 is 4.52 Å². The molecule has 2 heterocycles. The number of benzene rings is 2. The van der Waals surface area contributed by atoms with Crippen LogP contribution in [-0.4, -0.2) is 9.32 Å². The van der Waals surface area contributed by atoms with Crippen LogP contribution in [0.15, 0.2) is 48.5 Å². The topological polar surface area (TPSA) is 44.1 Å². The predicted octanol–water partition coefficient (Wildman–Crippen LogP) is 3.72. The monoisotopic (exact) mass is 502 g/mol. The van der Waals surface area contributed by atoms with Crippen molar-refractivity contribution in [3.63, 3.8) is 0 Å². The van der Waals surface area contributed by atoms with Crippen molar-refractivity contribution < 1.29 is 29.2 Å². The largest absolute Gasteiger partial charge is 0.474 e. The van der Waals surface area contributed by atoms with Gasteiger partial charge in [0.2, 0.25) is 0 Å². The molecule has 1 aliphatic heterocycles. The van der Waals surface area contributed by atoms with E-state index in [9.17, 15) is 4.57 Å². The second kappa shape index (κ2) is 5.75. The summed E-state index contributed by atoms with van der Waals surface area (Å²) in [6.45, 7) is 3.83. The quantitative estimate of drug-likeness (QED) is 0.377. The van der Waals surface area contributed by atoms with E-state index in [0.717, 1.165) is 17.0 Å². The van der Waals surface area contributed by atoms with E-state index >= 15 is 0 Å². The minimum Gasteiger partial charge on any atom is -0.474 e. The Bertz CT molecular complexity index is 922. The second-order valence-electron chi connectivity index (χ2n) is 5.27. The van der Waals surface area contributed by atoms with Crippen LogP contribution in [0, 0.1) is 19.9 Å². The van der Waals surface area contributed by atoms with Crippen LogP contribution >= 0.6 is 7.52 Å². The maximum absolute atomic E-state index is 13.7. The standard InChI is InChI=1S/C17H14N2O2P.Ir/c1-12-13(2)19-17(18-12)15-10-6-7-11-16(15)21-22(19,20)14-8-4-3-5-9-14;/h3-9,11H,1-2H3;/q-1;. The molecule has 4 nitrogen and oxygen atoms in total. The molecule has 3 aromatic rings. The van der Waals surface area contributed by atoms with Gasteiger partial charge in [-0.25, -0.2) is 4.57 Å². The van der Waals surface area contributed by atoms with Crippen LogP contribution in [0.2, 0.25) is 0 Å². The van der Waals surface area contributed by atoms with Crippen molar-refractivity contribution in [1.29, 1.82) is 0 Å². The van der Waals surface area contributed by atoms with Crippen molar-refractivity contribution in [3.8, 4) is 17.1 Å². The van der Waals surface area contributed by atoms with Crippen molar-refractivity contribution in [2.75, 3.05) is 0 Å². The third kappa shape index (κ3) is 2.31. The van der Waals surface area contributed by atoms with Gasteiger partial charge in [-0.05, 0) is 26.0 Å². The van der Waals surface area contributed by atoms with E-state index in [1.54, 1.807) is 4.34 Å². The Kier molecular flexibility index (Phi) is 4.05. The van der Waals surface area contributed by atoms with E-state index in [4.69, 9.17) is 4.52 Å². The Morgan fingerprint density at radius 1 is 1.13 bits per heavy atom. The molecule has 1 unspecified atom stereocenters. The molecule has 119 valence electrons. The number of nitrogens with zero attached hydrogens (tertiary/aromatic N) is 2. The fourth-order valence-corrected chi connectivity index (χ4v) is 5.03. The Morgan fingerprint density at radius 2 is 1.87 bits per heavy atom. The van der Waals surface area contributed by atoms with Crippen molar-refractivity contribution >= 4 is 12.8 Å². The third-order valence-corrected chi connectivity index (χ3v) is 6.34. The van der Waals surface area contributed by atoms with Crippen LogP contribution in [0.25, 0.3) is 11.4 Å². The average molecular weight is 502 g/mol. The van der Waals surface area contributed by atoms with Crippen LogP contribution < -0.4 is 9.83 Å². The number of imidazole rings is 1. The number of aromatic nitrogens is 2. The number of rotatable bonds is 1. The predicted molar refractivity (Wildman–Crippen MR) is 85.7 cm³/mol. The van der Waals surface area contributed by atoms with Gasteiger partial charge in [-0.3, -0.25) is 9.32 Å². The minimum absolute atomic E-state index is 0. The summed E-state index contributed by atoms with van der Waals surface area (Å²) in [5.41, 5.74) is 2.45. The second-order valence-corrected chi connectivity index (χ2v) is 7.41. The molecule has 0 aliphatic carbocycles. The molecule has 1 aromatic heterocycles. The normalized spacial score (nSPS) is 18.3. The van der Waals surface area contributed by atoms with E-state index in [2.05, 4.69) is 11.1 Å². The van der Waals surface area contributed by atoms with Crippen molar-refractivity contribution in [3.05, 3.63) is 66.0 Å². The molecule has 0 saturated heterocycles. The first-order chi connectivity index (χ1) is 10.6. The summed E-state index contributed by atoms with van der Waals surface area (Å²) in [5.74, 6) is 1.22. The smallest absolute Gasteiger partial charge is 0.362 e. The van der Waals surface area contributed by atoms with E-state index in [1.165, 1.54) is 0 Å². The van der Waals surface area contributed by atoms with Gasteiger partial charge in [0.05, 0.1) is 11.1 Å². The zero-order chi connectivity index (χ0) is 15.3. The molecule has 1 atom stereocenters. The van der Waals surface area contributed by atoms with Gasteiger partial charge in [-0.2, -0.15) is 0 Å². The first-order valence-corrected chi connectivity index (χ1v) is 8.62. The molecular formula is C17H14IrN2O2P-. The molecule has 4 rings (SSSR count). The van der Waals surface area contributed by atoms with Gasteiger partial charge in [0.1, 0.15) is 0 Å². The molecule has 1 radical (unpaired) electrons. The first-order valence-electron chi connectivity index (χ1n) is 7.04. The molecule has 0 N–H and O–H groups in total. The molecule has 23 heavy (non-hydrogen) atoms. The Morgan fingerprint density at radius 3 is 2.61 bits per heavy atom. The molecule has 0 fully saturated rings. The molecule has 0 saturated carbocycles. The summed E-state index contributed by atoms with van der Waals surface area (Å²) in [4.78, 5) is 4.59.